The minimum absolute atomic E-state index is 0.101. The summed E-state index contributed by atoms with van der Waals surface area (Å²) in [6, 6.07) is 0. The number of hydrogen-bond donors (Lipinski definition) is 0. The Hall–Kier alpha value is -0.0800. The van der Waals surface area contributed by atoms with Crippen molar-refractivity contribution in [3.63, 3.8) is 0 Å². The predicted octanol–water partition coefficient (Wildman–Crippen LogP) is 2.19. The average molecular weight is 194 g/mol. The Morgan fingerprint density at radius 2 is 1.79 bits per heavy atom. The van der Waals surface area contributed by atoms with Crippen molar-refractivity contribution in [1.82, 2.24) is 0 Å². The highest BCUT2D eigenvalue weighted by atomic mass is 16.7. The van der Waals surface area contributed by atoms with Gasteiger partial charge < -0.3 is 9.47 Å². The standard InChI is InChI=1S/C12H18O2/c1-2-9-8-6-11(10(9)3-1)12(7-8)13-4-5-14-12/h8-11H,1-7H2/t8-,9+,10+,11?/m1/s1. The van der Waals surface area contributed by atoms with Crippen LogP contribution in [0, 0.1) is 23.7 Å². The largest absolute Gasteiger partial charge is 0.347 e. The molecule has 1 unspecified atom stereocenters. The minimum Gasteiger partial charge on any atom is -0.347 e. The zero-order chi connectivity index (χ0) is 9.17. The maximum atomic E-state index is 5.92. The van der Waals surface area contributed by atoms with Crippen LogP contribution in [0.5, 0.6) is 0 Å². The fraction of sp³-hybridized carbons (Fsp3) is 1.00. The molecular formula is C12H18O2. The lowest BCUT2D eigenvalue weighted by atomic mass is 9.78. The maximum Gasteiger partial charge on any atom is 0.171 e. The number of ether oxygens (including phenoxy) is 2. The van der Waals surface area contributed by atoms with Crippen LogP contribution >= 0.6 is 0 Å². The zero-order valence-corrected chi connectivity index (χ0v) is 8.58. The van der Waals surface area contributed by atoms with Crippen LogP contribution < -0.4 is 0 Å². The molecule has 4 aliphatic rings. The molecule has 1 heterocycles. The third-order valence-electron chi connectivity index (χ3n) is 5.19. The quantitative estimate of drug-likeness (QED) is 0.588. The Morgan fingerprint density at radius 3 is 2.64 bits per heavy atom. The highest BCUT2D eigenvalue weighted by Crippen LogP contribution is 2.64. The van der Waals surface area contributed by atoms with Crippen molar-refractivity contribution in [1.29, 1.82) is 0 Å². The molecule has 0 aromatic carbocycles. The highest BCUT2D eigenvalue weighted by Gasteiger charge is 2.63. The molecule has 0 aromatic heterocycles. The van der Waals surface area contributed by atoms with E-state index < -0.39 is 0 Å². The molecule has 2 bridgehead atoms. The second kappa shape index (κ2) is 2.53. The summed E-state index contributed by atoms with van der Waals surface area (Å²) in [7, 11) is 0. The molecule has 4 fully saturated rings. The summed E-state index contributed by atoms with van der Waals surface area (Å²) in [6.07, 6.45) is 6.99. The SMILES string of the molecule is C1C[C@H]2[C@@H]3CC([C@H]2C1)C1(C3)OCCO1. The van der Waals surface area contributed by atoms with Crippen molar-refractivity contribution in [3.05, 3.63) is 0 Å². The van der Waals surface area contributed by atoms with Gasteiger partial charge in [-0.3, -0.25) is 0 Å². The van der Waals surface area contributed by atoms with E-state index in [4.69, 9.17) is 9.47 Å². The van der Waals surface area contributed by atoms with E-state index in [0.29, 0.717) is 0 Å². The molecule has 2 heteroatoms. The topological polar surface area (TPSA) is 18.5 Å². The first-order chi connectivity index (χ1) is 6.89. The fourth-order valence-corrected chi connectivity index (χ4v) is 4.84. The summed E-state index contributed by atoms with van der Waals surface area (Å²) in [5.74, 6) is 3.58. The zero-order valence-electron chi connectivity index (χ0n) is 8.58. The van der Waals surface area contributed by atoms with E-state index in [1.54, 1.807) is 0 Å². The summed E-state index contributed by atoms with van der Waals surface area (Å²) < 4.78 is 11.8. The van der Waals surface area contributed by atoms with Gasteiger partial charge in [0.05, 0.1) is 13.2 Å². The Morgan fingerprint density at radius 1 is 1.00 bits per heavy atom. The van der Waals surface area contributed by atoms with Crippen molar-refractivity contribution in [3.8, 4) is 0 Å². The Labute approximate surface area is 85.0 Å². The first-order valence-electron chi connectivity index (χ1n) is 6.17. The number of hydrogen-bond acceptors (Lipinski definition) is 2. The summed E-state index contributed by atoms with van der Waals surface area (Å²) >= 11 is 0. The van der Waals surface area contributed by atoms with Crippen LogP contribution in [0.15, 0.2) is 0 Å². The molecule has 4 atom stereocenters. The Bertz CT molecular complexity index is 257. The van der Waals surface area contributed by atoms with Crippen molar-refractivity contribution in [2.75, 3.05) is 13.2 Å². The molecule has 3 aliphatic carbocycles. The van der Waals surface area contributed by atoms with Crippen molar-refractivity contribution in [2.24, 2.45) is 23.7 Å². The van der Waals surface area contributed by atoms with Crippen LogP contribution in [0.25, 0.3) is 0 Å². The van der Waals surface area contributed by atoms with Gasteiger partial charge in [0, 0.05) is 12.3 Å². The van der Waals surface area contributed by atoms with Crippen LogP contribution in [-0.2, 0) is 9.47 Å². The van der Waals surface area contributed by atoms with Crippen LogP contribution in [0.2, 0.25) is 0 Å². The van der Waals surface area contributed by atoms with E-state index in [0.717, 1.165) is 36.9 Å². The number of rotatable bonds is 0. The molecule has 78 valence electrons. The van der Waals surface area contributed by atoms with Crippen LogP contribution in [0.4, 0.5) is 0 Å². The molecule has 0 aromatic rings. The van der Waals surface area contributed by atoms with E-state index in [9.17, 15) is 0 Å². The van der Waals surface area contributed by atoms with Crippen LogP contribution in [0.1, 0.15) is 32.1 Å². The number of fused-ring (bicyclic) bond motifs is 6. The molecule has 14 heavy (non-hydrogen) atoms. The highest BCUT2D eigenvalue weighted by molar-refractivity contribution is 5.08. The average Bonchev–Trinajstić information content (AvgIpc) is 2.88. The summed E-state index contributed by atoms with van der Waals surface area (Å²) in [6.45, 7) is 1.67. The monoisotopic (exact) mass is 194 g/mol. The van der Waals surface area contributed by atoms with Gasteiger partial charge in [0.2, 0.25) is 0 Å². The van der Waals surface area contributed by atoms with Crippen LogP contribution in [0.3, 0.4) is 0 Å². The Kier molecular flexibility index (Phi) is 1.47. The summed E-state index contributed by atoms with van der Waals surface area (Å²) in [5, 5.41) is 0. The molecule has 0 N–H and O–H groups in total. The fourth-order valence-electron chi connectivity index (χ4n) is 4.84. The molecule has 1 spiro atoms. The minimum atomic E-state index is -0.101. The summed E-state index contributed by atoms with van der Waals surface area (Å²) in [4.78, 5) is 0. The molecule has 2 nitrogen and oxygen atoms in total. The van der Waals surface area contributed by atoms with Gasteiger partial charge >= 0.3 is 0 Å². The molecule has 0 radical (unpaired) electrons. The third kappa shape index (κ3) is 0.809. The predicted molar refractivity (Wildman–Crippen MR) is 51.7 cm³/mol. The van der Waals surface area contributed by atoms with Crippen molar-refractivity contribution < 1.29 is 9.47 Å². The Balaban J connectivity index is 1.69. The first kappa shape index (κ1) is 8.12. The third-order valence-corrected chi connectivity index (χ3v) is 5.19. The second-order valence-corrected chi connectivity index (χ2v) is 5.57. The molecule has 1 saturated heterocycles. The van der Waals surface area contributed by atoms with Gasteiger partial charge in [0.1, 0.15) is 0 Å². The summed E-state index contributed by atoms with van der Waals surface area (Å²) in [5.41, 5.74) is 0. The second-order valence-electron chi connectivity index (χ2n) is 5.57. The molecule has 4 rings (SSSR count). The molecule has 0 amide bonds. The van der Waals surface area contributed by atoms with E-state index in [1.807, 2.05) is 0 Å². The van der Waals surface area contributed by atoms with Gasteiger partial charge in [0.15, 0.2) is 5.79 Å². The van der Waals surface area contributed by atoms with Gasteiger partial charge in [-0.25, -0.2) is 0 Å². The lowest BCUT2D eigenvalue weighted by Crippen LogP contribution is -2.42. The van der Waals surface area contributed by atoms with Gasteiger partial charge in [-0.2, -0.15) is 0 Å². The first-order valence-corrected chi connectivity index (χ1v) is 6.17. The van der Waals surface area contributed by atoms with Gasteiger partial charge in [-0.05, 0) is 37.0 Å². The van der Waals surface area contributed by atoms with E-state index in [-0.39, 0.29) is 5.79 Å². The van der Waals surface area contributed by atoms with Crippen molar-refractivity contribution >= 4 is 0 Å². The molecular weight excluding hydrogens is 176 g/mol. The van der Waals surface area contributed by atoms with Gasteiger partial charge in [0.25, 0.3) is 0 Å². The van der Waals surface area contributed by atoms with E-state index in [2.05, 4.69) is 0 Å². The normalized spacial score (nSPS) is 53.1. The van der Waals surface area contributed by atoms with E-state index in [1.165, 1.54) is 32.1 Å². The van der Waals surface area contributed by atoms with E-state index >= 15 is 0 Å². The lowest BCUT2D eigenvalue weighted by molar-refractivity contribution is -0.206. The van der Waals surface area contributed by atoms with Crippen molar-refractivity contribution in [2.45, 2.75) is 37.9 Å². The maximum absolute atomic E-state index is 5.92. The molecule has 3 saturated carbocycles. The lowest BCUT2D eigenvalue weighted by Gasteiger charge is -2.38. The van der Waals surface area contributed by atoms with Crippen LogP contribution in [-0.4, -0.2) is 19.0 Å². The van der Waals surface area contributed by atoms with Gasteiger partial charge in [-0.1, -0.05) is 6.42 Å². The molecule has 1 aliphatic heterocycles. The van der Waals surface area contributed by atoms with Gasteiger partial charge in [-0.15, -0.1) is 0 Å². The smallest absolute Gasteiger partial charge is 0.171 e.